The molecule has 0 atom stereocenters. The molecule has 0 radical (unpaired) electrons. The molecule has 0 saturated heterocycles. The lowest BCUT2D eigenvalue weighted by Gasteiger charge is -2.20. The van der Waals surface area contributed by atoms with Crippen LogP contribution in [0.2, 0.25) is 0 Å². The third-order valence-electron chi connectivity index (χ3n) is 3.52. The van der Waals surface area contributed by atoms with Crippen molar-refractivity contribution in [2.45, 2.75) is 20.0 Å². The molecule has 4 heteroatoms. The van der Waals surface area contributed by atoms with Crippen LogP contribution in [0.25, 0.3) is 0 Å². The lowest BCUT2D eigenvalue weighted by atomic mass is 10.1. The molecule has 0 aliphatic heterocycles. The van der Waals surface area contributed by atoms with E-state index in [1.54, 1.807) is 24.9 Å². The molecule has 0 aromatic heterocycles. The fourth-order valence-corrected chi connectivity index (χ4v) is 2.27. The van der Waals surface area contributed by atoms with Gasteiger partial charge in [-0.2, -0.15) is 0 Å². The molecule has 0 spiro atoms. The van der Waals surface area contributed by atoms with Crippen molar-refractivity contribution >= 4 is 5.91 Å². The fraction of sp³-hybridized carbons (Fsp3) is 0.235. The number of hydrogen-bond acceptors (Lipinski definition) is 2. The number of rotatable bonds is 4. The zero-order valence-corrected chi connectivity index (χ0v) is 12.3. The van der Waals surface area contributed by atoms with Crippen LogP contribution in [-0.4, -0.2) is 17.9 Å². The summed E-state index contributed by atoms with van der Waals surface area (Å²) in [5, 5.41) is 0. The Labute approximate surface area is 124 Å². The molecule has 0 saturated carbocycles. The largest absolute Gasteiger partial charge is 0.337 e. The summed E-state index contributed by atoms with van der Waals surface area (Å²) >= 11 is 0. The molecule has 110 valence electrons. The molecule has 0 aliphatic rings. The standard InChI is InChI=1S/C17H19FN2O/c1-12-7-8-15(18)9-16(12)17(21)20(2)11-14-6-4-3-5-13(14)10-19/h3-9H,10-11,19H2,1-2H3. The number of carbonyl (C=O) groups excluding carboxylic acids is 1. The highest BCUT2D eigenvalue weighted by Crippen LogP contribution is 2.16. The van der Waals surface area contributed by atoms with Crippen molar-refractivity contribution in [1.82, 2.24) is 4.90 Å². The average Bonchev–Trinajstić information content (AvgIpc) is 2.49. The van der Waals surface area contributed by atoms with E-state index in [1.807, 2.05) is 24.3 Å². The van der Waals surface area contributed by atoms with Gasteiger partial charge in [0.05, 0.1) is 0 Å². The topological polar surface area (TPSA) is 46.3 Å². The van der Waals surface area contributed by atoms with Crippen LogP contribution in [0, 0.1) is 12.7 Å². The van der Waals surface area contributed by atoms with Crippen LogP contribution in [0.5, 0.6) is 0 Å². The number of nitrogens with two attached hydrogens (primary N) is 1. The molecule has 0 fully saturated rings. The van der Waals surface area contributed by atoms with Gasteiger partial charge in [-0.25, -0.2) is 4.39 Å². The number of carbonyl (C=O) groups is 1. The number of amides is 1. The van der Waals surface area contributed by atoms with Gasteiger partial charge >= 0.3 is 0 Å². The minimum atomic E-state index is -0.403. The molecule has 21 heavy (non-hydrogen) atoms. The fourth-order valence-electron chi connectivity index (χ4n) is 2.27. The first-order chi connectivity index (χ1) is 10.0. The maximum atomic E-state index is 13.3. The number of halogens is 1. The van der Waals surface area contributed by atoms with Gasteiger partial charge in [-0.05, 0) is 35.7 Å². The predicted octanol–water partition coefficient (Wildman–Crippen LogP) is 2.87. The van der Waals surface area contributed by atoms with E-state index in [9.17, 15) is 9.18 Å². The molecule has 2 aromatic rings. The Morgan fingerprint density at radius 3 is 2.52 bits per heavy atom. The van der Waals surface area contributed by atoms with Gasteiger partial charge in [-0.1, -0.05) is 30.3 Å². The zero-order valence-electron chi connectivity index (χ0n) is 12.3. The summed E-state index contributed by atoms with van der Waals surface area (Å²) in [5.41, 5.74) is 8.87. The van der Waals surface area contributed by atoms with Crippen molar-refractivity contribution in [2.75, 3.05) is 7.05 Å². The SMILES string of the molecule is Cc1ccc(F)cc1C(=O)N(C)Cc1ccccc1CN. The molecule has 1 amide bonds. The van der Waals surface area contributed by atoms with Crippen LogP contribution in [-0.2, 0) is 13.1 Å². The van der Waals surface area contributed by atoms with Crippen molar-refractivity contribution in [2.24, 2.45) is 5.73 Å². The van der Waals surface area contributed by atoms with E-state index in [-0.39, 0.29) is 5.91 Å². The molecule has 3 nitrogen and oxygen atoms in total. The average molecular weight is 286 g/mol. The Balaban J connectivity index is 2.22. The number of hydrogen-bond donors (Lipinski definition) is 1. The molecule has 0 aliphatic carbocycles. The molecule has 0 heterocycles. The summed E-state index contributed by atoms with van der Waals surface area (Å²) in [4.78, 5) is 14.0. The van der Waals surface area contributed by atoms with Crippen molar-refractivity contribution in [3.63, 3.8) is 0 Å². The van der Waals surface area contributed by atoms with Crippen LogP contribution in [0.3, 0.4) is 0 Å². The number of aryl methyl sites for hydroxylation is 1. The predicted molar refractivity (Wildman–Crippen MR) is 81.3 cm³/mol. The van der Waals surface area contributed by atoms with Crippen molar-refractivity contribution < 1.29 is 9.18 Å². The maximum Gasteiger partial charge on any atom is 0.254 e. The Kier molecular flexibility index (Phi) is 4.70. The van der Waals surface area contributed by atoms with E-state index < -0.39 is 5.82 Å². The van der Waals surface area contributed by atoms with Gasteiger partial charge in [0.2, 0.25) is 0 Å². The van der Waals surface area contributed by atoms with Crippen LogP contribution < -0.4 is 5.73 Å². The van der Waals surface area contributed by atoms with E-state index in [4.69, 9.17) is 5.73 Å². The summed E-state index contributed by atoms with van der Waals surface area (Å²) in [7, 11) is 1.71. The molecular formula is C17H19FN2O. The van der Waals surface area contributed by atoms with E-state index in [0.717, 1.165) is 16.7 Å². The first-order valence-electron chi connectivity index (χ1n) is 6.81. The normalized spacial score (nSPS) is 10.5. The monoisotopic (exact) mass is 286 g/mol. The van der Waals surface area contributed by atoms with Crippen molar-refractivity contribution in [1.29, 1.82) is 0 Å². The van der Waals surface area contributed by atoms with Gasteiger partial charge < -0.3 is 10.6 Å². The van der Waals surface area contributed by atoms with Crippen LogP contribution in [0.4, 0.5) is 4.39 Å². The third kappa shape index (κ3) is 3.47. The quantitative estimate of drug-likeness (QED) is 0.939. The first-order valence-corrected chi connectivity index (χ1v) is 6.81. The third-order valence-corrected chi connectivity index (χ3v) is 3.52. The number of nitrogens with zero attached hydrogens (tertiary/aromatic N) is 1. The Morgan fingerprint density at radius 2 is 1.86 bits per heavy atom. The van der Waals surface area contributed by atoms with Crippen molar-refractivity contribution in [3.05, 3.63) is 70.5 Å². The van der Waals surface area contributed by atoms with Gasteiger partial charge in [0.25, 0.3) is 5.91 Å². The Hall–Kier alpha value is -2.20. The molecule has 0 bridgehead atoms. The molecule has 2 N–H and O–H groups in total. The summed E-state index contributed by atoms with van der Waals surface area (Å²) in [6.07, 6.45) is 0. The molecule has 2 aromatic carbocycles. The van der Waals surface area contributed by atoms with Gasteiger partial charge in [-0.3, -0.25) is 4.79 Å². The van der Waals surface area contributed by atoms with E-state index >= 15 is 0 Å². The lowest BCUT2D eigenvalue weighted by Crippen LogP contribution is -2.27. The highest BCUT2D eigenvalue weighted by atomic mass is 19.1. The van der Waals surface area contributed by atoms with Crippen molar-refractivity contribution in [3.8, 4) is 0 Å². The molecule has 0 unspecified atom stereocenters. The summed E-state index contributed by atoms with van der Waals surface area (Å²) in [5.74, 6) is -0.599. The van der Waals surface area contributed by atoms with Gasteiger partial charge in [0.1, 0.15) is 5.82 Å². The van der Waals surface area contributed by atoms with E-state index in [2.05, 4.69) is 0 Å². The zero-order chi connectivity index (χ0) is 15.4. The Morgan fingerprint density at radius 1 is 1.19 bits per heavy atom. The van der Waals surface area contributed by atoms with Gasteiger partial charge in [0.15, 0.2) is 0 Å². The lowest BCUT2D eigenvalue weighted by molar-refractivity contribution is 0.0783. The minimum absolute atomic E-state index is 0.196. The van der Waals surface area contributed by atoms with Crippen LogP contribution in [0.15, 0.2) is 42.5 Å². The first kappa shape index (κ1) is 15.2. The highest BCUT2D eigenvalue weighted by molar-refractivity contribution is 5.95. The number of benzene rings is 2. The minimum Gasteiger partial charge on any atom is -0.337 e. The summed E-state index contributed by atoms with van der Waals surface area (Å²) in [6, 6.07) is 12.0. The van der Waals surface area contributed by atoms with Crippen LogP contribution in [0.1, 0.15) is 27.0 Å². The van der Waals surface area contributed by atoms with Gasteiger partial charge in [0, 0.05) is 25.7 Å². The highest BCUT2D eigenvalue weighted by Gasteiger charge is 2.16. The van der Waals surface area contributed by atoms with Crippen LogP contribution >= 0.6 is 0 Å². The molecular weight excluding hydrogens is 267 g/mol. The maximum absolute atomic E-state index is 13.3. The molecule has 2 rings (SSSR count). The van der Waals surface area contributed by atoms with E-state index in [0.29, 0.717) is 18.7 Å². The second kappa shape index (κ2) is 6.50. The second-order valence-corrected chi connectivity index (χ2v) is 5.09. The summed E-state index contributed by atoms with van der Waals surface area (Å²) in [6.45, 7) is 2.67. The summed E-state index contributed by atoms with van der Waals surface area (Å²) < 4.78 is 13.3. The second-order valence-electron chi connectivity index (χ2n) is 5.09. The van der Waals surface area contributed by atoms with Gasteiger partial charge in [-0.15, -0.1) is 0 Å². The Bertz CT molecular complexity index is 655. The van der Waals surface area contributed by atoms with E-state index in [1.165, 1.54) is 12.1 Å². The smallest absolute Gasteiger partial charge is 0.254 e.